The van der Waals surface area contributed by atoms with Crippen molar-refractivity contribution in [3.63, 3.8) is 0 Å². The van der Waals surface area contributed by atoms with Crippen LogP contribution in [-0.2, 0) is 11.2 Å². The minimum atomic E-state index is -0.342. The van der Waals surface area contributed by atoms with Crippen LogP contribution in [0.1, 0.15) is 17.2 Å². The van der Waals surface area contributed by atoms with Crippen molar-refractivity contribution in [2.75, 3.05) is 7.11 Å². The Morgan fingerprint density at radius 3 is 2.52 bits per heavy atom. The second kappa shape index (κ2) is 7.52. The smallest absolute Gasteiger partial charge is 0.127 e. The van der Waals surface area contributed by atoms with Gasteiger partial charge in [-0.25, -0.2) is 4.39 Å². The Labute approximate surface area is 128 Å². The Morgan fingerprint density at radius 2 is 1.95 bits per heavy atom. The number of hydrazine groups is 1. The van der Waals surface area contributed by atoms with Crippen molar-refractivity contribution in [1.29, 1.82) is 0 Å². The van der Waals surface area contributed by atoms with E-state index in [1.807, 2.05) is 30.3 Å². The molecule has 0 spiro atoms. The second-order valence-corrected chi connectivity index (χ2v) is 5.22. The van der Waals surface area contributed by atoms with Crippen molar-refractivity contribution in [1.82, 2.24) is 5.43 Å². The molecule has 2 rings (SSSR count). The van der Waals surface area contributed by atoms with Gasteiger partial charge < -0.3 is 4.74 Å². The van der Waals surface area contributed by atoms with E-state index in [-0.39, 0.29) is 18.0 Å². The fraction of sp³-hybridized carbons (Fsp3) is 0.250. The van der Waals surface area contributed by atoms with Crippen LogP contribution < -0.4 is 11.3 Å². The van der Waals surface area contributed by atoms with E-state index in [1.165, 1.54) is 6.07 Å². The molecule has 0 aliphatic carbocycles. The molecule has 112 valence electrons. The molecule has 0 bridgehead atoms. The zero-order valence-electron chi connectivity index (χ0n) is 11.7. The van der Waals surface area contributed by atoms with E-state index < -0.39 is 0 Å². The van der Waals surface area contributed by atoms with Gasteiger partial charge in [0, 0.05) is 12.1 Å². The molecular formula is C16H18ClFN2O. The monoisotopic (exact) mass is 308 g/mol. The largest absolute Gasteiger partial charge is 0.375 e. The van der Waals surface area contributed by atoms with E-state index in [0.29, 0.717) is 17.0 Å². The average Bonchev–Trinajstić information content (AvgIpc) is 2.50. The zero-order valence-corrected chi connectivity index (χ0v) is 12.5. The van der Waals surface area contributed by atoms with Crippen molar-refractivity contribution in [3.05, 3.63) is 70.5 Å². The Morgan fingerprint density at radius 1 is 1.24 bits per heavy atom. The predicted molar refractivity (Wildman–Crippen MR) is 82.4 cm³/mol. The molecule has 0 heterocycles. The van der Waals surface area contributed by atoms with E-state index in [1.54, 1.807) is 19.2 Å². The summed E-state index contributed by atoms with van der Waals surface area (Å²) in [6, 6.07) is 14.1. The highest BCUT2D eigenvalue weighted by Gasteiger charge is 2.23. The standard InChI is InChI=1S/C16H18ClFN2O/c1-21-16(11-5-3-2-4-6-11)15(20-19)9-12-7-8-13(17)10-14(12)18/h2-8,10,15-16,20H,9,19H2,1H3. The summed E-state index contributed by atoms with van der Waals surface area (Å²) >= 11 is 5.77. The maximum absolute atomic E-state index is 13.9. The molecule has 0 saturated carbocycles. The van der Waals surface area contributed by atoms with Gasteiger partial charge in [0.2, 0.25) is 0 Å². The van der Waals surface area contributed by atoms with Crippen LogP contribution in [0.2, 0.25) is 5.02 Å². The van der Waals surface area contributed by atoms with Crippen molar-refractivity contribution in [3.8, 4) is 0 Å². The van der Waals surface area contributed by atoms with Crippen LogP contribution in [0.5, 0.6) is 0 Å². The first-order valence-electron chi connectivity index (χ1n) is 6.63. The van der Waals surface area contributed by atoms with Gasteiger partial charge in [-0.1, -0.05) is 48.0 Å². The number of halogens is 2. The van der Waals surface area contributed by atoms with Crippen molar-refractivity contribution in [2.24, 2.45) is 5.84 Å². The molecule has 0 amide bonds. The van der Waals surface area contributed by atoms with Crippen LogP contribution in [0.15, 0.2) is 48.5 Å². The lowest BCUT2D eigenvalue weighted by Gasteiger charge is -2.26. The maximum Gasteiger partial charge on any atom is 0.127 e. The van der Waals surface area contributed by atoms with Crippen LogP contribution in [-0.4, -0.2) is 13.2 Å². The van der Waals surface area contributed by atoms with Gasteiger partial charge >= 0.3 is 0 Å². The maximum atomic E-state index is 13.9. The first-order valence-corrected chi connectivity index (χ1v) is 7.01. The molecule has 21 heavy (non-hydrogen) atoms. The van der Waals surface area contributed by atoms with Gasteiger partial charge in [-0.3, -0.25) is 11.3 Å². The third-order valence-electron chi connectivity index (χ3n) is 3.42. The molecule has 0 aliphatic rings. The van der Waals surface area contributed by atoms with Gasteiger partial charge in [0.25, 0.3) is 0 Å². The SMILES string of the molecule is COC(c1ccccc1)C(Cc1ccc(Cl)cc1F)NN. The number of rotatable bonds is 6. The van der Waals surface area contributed by atoms with Gasteiger partial charge in [-0.2, -0.15) is 0 Å². The molecular weight excluding hydrogens is 291 g/mol. The fourth-order valence-corrected chi connectivity index (χ4v) is 2.51. The van der Waals surface area contributed by atoms with Crippen LogP contribution in [0.3, 0.4) is 0 Å². The average molecular weight is 309 g/mol. The summed E-state index contributed by atoms with van der Waals surface area (Å²) in [5, 5.41) is 0.375. The summed E-state index contributed by atoms with van der Waals surface area (Å²) in [7, 11) is 1.61. The normalized spacial score (nSPS) is 13.9. The molecule has 0 aliphatic heterocycles. The van der Waals surface area contributed by atoms with Crippen LogP contribution in [0.25, 0.3) is 0 Å². The lowest BCUT2D eigenvalue weighted by atomic mass is 9.96. The fourth-order valence-electron chi connectivity index (χ4n) is 2.35. The number of ether oxygens (including phenoxy) is 1. The molecule has 2 unspecified atom stereocenters. The van der Waals surface area contributed by atoms with Gasteiger partial charge in [0.1, 0.15) is 5.82 Å². The Bertz CT molecular complexity index is 580. The summed E-state index contributed by atoms with van der Waals surface area (Å²) in [4.78, 5) is 0. The van der Waals surface area contributed by atoms with Crippen LogP contribution in [0.4, 0.5) is 4.39 Å². The molecule has 3 nitrogen and oxygen atoms in total. The van der Waals surface area contributed by atoms with E-state index in [2.05, 4.69) is 5.43 Å². The summed E-state index contributed by atoms with van der Waals surface area (Å²) < 4.78 is 19.5. The molecule has 0 fully saturated rings. The minimum Gasteiger partial charge on any atom is -0.375 e. The Kier molecular flexibility index (Phi) is 5.70. The van der Waals surface area contributed by atoms with E-state index in [9.17, 15) is 4.39 Å². The highest BCUT2D eigenvalue weighted by atomic mass is 35.5. The Balaban J connectivity index is 2.22. The molecule has 2 aromatic rings. The van der Waals surface area contributed by atoms with Crippen molar-refractivity contribution >= 4 is 11.6 Å². The lowest BCUT2D eigenvalue weighted by Crippen LogP contribution is -2.42. The highest BCUT2D eigenvalue weighted by Crippen LogP contribution is 2.24. The quantitative estimate of drug-likeness (QED) is 0.636. The van der Waals surface area contributed by atoms with E-state index >= 15 is 0 Å². The highest BCUT2D eigenvalue weighted by molar-refractivity contribution is 6.30. The summed E-state index contributed by atoms with van der Waals surface area (Å²) in [5.41, 5.74) is 4.24. The van der Waals surface area contributed by atoms with Crippen LogP contribution in [0, 0.1) is 5.82 Å². The minimum absolute atomic E-state index is 0.256. The van der Waals surface area contributed by atoms with Crippen molar-refractivity contribution in [2.45, 2.75) is 18.6 Å². The van der Waals surface area contributed by atoms with Gasteiger partial charge in [0.15, 0.2) is 0 Å². The number of nitrogens with two attached hydrogens (primary N) is 1. The topological polar surface area (TPSA) is 47.3 Å². The number of hydrogen-bond acceptors (Lipinski definition) is 3. The third kappa shape index (κ3) is 4.02. The summed E-state index contributed by atoms with van der Waals surface area (Å²) in [6.45, 7) is 0. The van der Waals surface area contributed by atoms with E-state index in [0.717, 1.165) is 5.56 Å². The van der Waals surface area contributed by atoms with Gasteiger partial charge in [0.05, 0.1) is 12.1 Å². The molecule has 0 radical (unpaired) electrons. The lowest BCUT2D eigenvalue weighted by molar-refractivity contribution is 0.0676. The molecule has 2 atom stereocenters. The zero-order chi connectivity index (χ0) is 15.2. The van der Waals surface area contributed by atoms with Crippen LogP contribution >= 0.6 is 11.6 Å². The third-order valence-corrected chi connectivity index (χ3v) is 3.65. The number of methoxy groups -OCH3 is 1. The molecule has 2 aromatic carbocycles. The molecule has 3 N–H and O–H groups in total. The number of benzene rings is 2. The molecule has 0 saturated heterocycles. The summed E-state index contributed by atoms with van der Waals surface area (Å²) in [5.74, 6) is 5.29. The first kappa shape index (κ1) is 15.9. The summed E-state index contributed by atoms with van der Waals surface area (Å²) in [6.07, 6.45) is 0.124. The predicted octanol–water partition coefficient (Wildman–Crippen LogP) is 3.24. The second-order valence-electron chi connectivity index (χ2n) is 4.78. The molecule has 0 aromatic heterocycles. The van der Waals surface area contributed by atoms with Gasteiger partial charge in [-0.05, 0) is 29.7 Å². The Hall–Kier alpha value is -1.46. The first-order chi connectivity index (χ1) is 10.2. The molecule has 5 heteroatoms. The number of nitrogens with one attached hydrogen (secondary N) is 1. The van der Waals surface area contributed by atoms with Crippen molar-refractivity contribution < 1.29 is 9.13 Å². The number of hydrogen-bond donors (Lipinski definition) is 2. The van der Waals surface area contributed by atoms with Gasteiger partial charge in [-0.15, -0.1) is 0 Å². The van der Waals surface area contributed by atoms with E-state index in [4.69, 9.17) is 22.2 Å².